The number of hydrogen-bond donors (Lipinski definition) is 8. The molecule has 1 saturated carbocycles. The Hall–Kier alpha value is -5.31. The number of benzene rings is 1. The van der Waals surface area contributed by atoms with E-state index in [2.05, 4.69) is 73.8 Å². The molecule has 8 rings (SSSR count). The minimum absolute atomic E-state index is 0.0119. The third-order valence-electron chi connectivity index (χ3n) is 14.9. The summed E-state index contributed by atoms with van der Waals surface area (Å²) in [4.78, 5) is 71.3. The summed E-state index contributed by atoms with van der Waals surface area (Å²) in [6.45, 7) is 0.818. The van der Waals surface area contributed by atoms with Gasteiger partial charge in [-0.1, -0.05) is 85.9 Å². The number of rotatable bonds is 16. The molecular weight excluding hydrogens is 885 g/mol. The number of ether oxygens (including phenoxy) is 1. The number of aromatic nitrogens is 1. The molecule has 3 heterocycles. The van der Waals surface area contributed by atoms with Gasteiger partial charge in [-0.25, -0.2) is 9.59 Å². The lowest BCUT2D eigenvalue weighted by Gasteiger charge is -2.45. The van der Waals surface area contributed by atoms with Crippen LogP contribution < -0.4 is 26.6 Å². The Bertz CT molecular complexity index is 2390. The van der Waals surface area contributed by atoms with E-state index in [1.807, 2.05) is 18.2 Å². The van der Waals surface area contributed by atoms with Crippen molar-refractivity contribution in [3.8, 4) is 11.8 Å². The first-order chi connectivity index (χ1) is 32.9. The molecule has 0 radical (unpaired) electrons. The van der Waals surface area contributed by atoms with E-state index in [9.17, 15) is 34.5 Å². The van der Waals surface area contributed by atoms with Crippen LogP contribution in [0.15, 0.2) is 83.4 Å². The smallest absolute Gasteiger partial charge is 0.353 e. The molecule has 2 spiro atoms. The second-order valence-corrected chi connectivity index (χ2v) is 20.4. The lowest BCUT2D eigenvalue weighted by molar-refractivity contribution is -0.151. The summed E-state index contributed by atoms with van der Waals surface area (Å²) in [5.74, 6) is 3.01. The molecule has 1 aromatic carbocycles. The van der Waals surface area contributed by atoms with Crippen LogP contribution in [0.2, 0.25) is 0 Å². The van der Waals surface area contributed by atoms with E-state index < -0.39 is 58.7 Å². The highest BCUT2D eigenvalue weighted by Crippen LogP contribution is 2.62. The maximum Gasteiger partial charge on any atom is 0.353 e. The molecule has 2 aliphatic heterocycles. The van der Waals surface area contributed by atoms with Gasteiger partial charge in [0, 0.05) is 61.7 Å². The number of nitrogens with one attached hydrogen (secondary N) is 5. The highest BCUT2D eigenvalue weighted by molar-refractivity contribution is 8.00. The second kappa shape index (κ2) is 22.0. The van der Waals surface area contributed by atoms with E-state index >= 15 is 4.79 Å². The van der Waals surface area contributed by atoms with Crippen LogP contribution in [0, 0.1) is 34.5 Å². The van der Waals surface area contributed by atoms with Gasteiger partial charge in [0.2, 0.25) is 18.0 Å². The van der Waals surface area contributed by atoms with Crippen LogP contribution in [0.3, 0.4) is 0 Å². The van der Waals surface area contributed by atoms with Gasteiger partial charge in [0.15, 0.2) is 5.41 Å². The number of carbonyl (C=O) groups is 5. The number of aliphatic hydroxyl groups excluding tert-OH is 1. The fraction of sp³-hybridized carbons (Fsp3) is 0.538. The van der Waals surface area contributed by atoms with Crippen LogP contribution in [0.25, 0.3) is 0 Å². The Balaban J connectivity index is 1.26. The third-order valence-corrected chi connectivity index (χ3v) is 16.5. The Morgan fingerprint density at radius 3 is 2.43 bits per heavy atom. The Labute approximate surface area is 402 Å². The van der Waals surface area contributed by atoms with Crippen LogP contribution >= 0.6 is 11.8 Å². The minimum atomic E-state index is -2.23. The number of fused-ring (bicyclic) bond motifs is 3. The van der Waals surface area contributed by atoms with Crippen molar-refractivity contribution in [1.29, 1.82) is 0 Å². The summed E-state index contributed by atoms with van der Waals surface area (Å²) in [5.41, 5.74) is 4.79. The summed E-state index contributed by atoms with van der Waals surface area (Å²) in [6, 6.07) is 9.86. The third kappa shape index (κ3) is 10.5. The monoisotopic (exact) mass is 948 g/mol. The van der Waals surface area contributed by atoms with Gasteiger partial charge in [0.25, 0.3) is 0 Å². The van der Waals surface area contributed by atoms with Crippen LogP contribution in [-0.2, 0) is 48.0 Å². The molecule has 68 heavy (non-hydrogen) atoms. The molecule has 15 nitrogen and oxygen atoms in total. The number of allylic oxidation sites excluding steroid dienone is 1. The van der Waals surface area contributed by atoms with E-state index in [0.29, 0.717) is 31.6 Å². The number of esters is 1. The number of aliphatic carboxylic acids is 2. The standard InChI is InChI=1S/C52H64N6O9S/c1-53-31-56-38(48(62)63)16-17-40(59)57-39(46(60)58-47(61)49(64)65)30-68-45-44-42-35(13-3-2-6-20-51(45)21-7-8-22-51)29-37(27-32-18-25-54-26-19-32)41-43-36(15-10-24-55-43)28-34-12-5-4-11-33(34)14-9-23-52(41,42)50(66)67-44/h4-5,10-12,15,18-19,25-26,35-36,38-39,43,45,47,53,55-56,61H,2-3,6-8,13-14,16-17,20-22,24,27-31H2,1H3,(H,57,59)(H,58,60)(H,62,63)(H,64,65)/t35-,36+,38+,39+,43+,45+,47+,52-/m1/s1. The van der Waals surface area contributed by atoms with Gasteiger partial charge in [-0.05, 0) is 104 Å². The first-order valence-electron chi connectivity index (χ1n) is 24.2. The molecule has 0 saturated heterocycles. The lowest BCUT2D eigenvalue weighted by Crippen LogP contribution is -2.53. The number of carboxylic acid groups (broad SMARTS) is 2. The molecule has 6 aliphatic rings. The normalized spacial score (nSPS) is 26.4. The lowest BCUT2D eigenvalue weighted by atomic mass is 9.57. The maximum atomic E-state index is 15.7. The maximum absolute atomic E-state index is 15.7. The number of aliphatic hydroxyl groups is 1. The predicted molar refractivity (Wildman–Crippen MR) is 256 cm³/mol. The first-order valence-corrected chi connectivity index (χ1v) is 25.3. The Morgan fingerprint density at radius 1 is 0.941 bits per heavy atom. The van der Waals surface area contributed by atoms with Crippen molar-refractivity contribution in [3.05, 3.63) is 100 Å². The highest BCUT2D eigenvalue weighted by atomic mass is 32.2. The average Bonchev–Trinajstić information content (AvgIpc) is 3.92. The van der Waals surface area contributed by atoms with Crippen molar-refractivity contribution in [2.24, 2.45) is 22.7 Å². The van der Waals surface area contributed by atoms with Gasteiger partial charge in [0.05, 0.1) is 5.25 Å². The Morgan fingerprint density at radius 2 is 1.69 bits per heavy atom. The van der Waals surface area contributed by atoms with E-state index in [4.69, 9.17) is 4.74 Å². The molecule has 1 fully saturated rings. The predicted octanol–water partition coefficient (Wildman–Crippen LogP) is 4.31. The summed E-state index contributed by atoms with van der Waals surface area (Å²) >= 11 is 1.42. The van der Waals surface area contributed by atoms with E-state index in [-0.39, 0.29) is 48.6 Å². The molecule has 2 amide bonds. The summed E-state index contributed by atoms with van der Waals surface area (Å²) in [7, 11) is 1.66. The molecule has 16 heteroatoms. The number of carbonyl (C=O) groups excluding carboxylic acids is 3. The van der Waals surface area contributed by atoms with Crippen LogP contribution in [-0.4, -0.2) is 106 Å². The molecule has 2 aromatic rings. The number of amides is 2. The molecule has 362 valence electrons. The zero-order valence-electron chi connectivity index (χ0n) is 38.7. The fourth-order valence-electron chi connectivity index (χ4n) is 11.8. The Kier molecular flexibility index (Phi) is 15.9. The summed E-state index contributed by atoms with van der Waals surface area (Å²) in [6.07, 6.45) is 16.4. The molecule has 0 unspecified atom stereocenters. The highest BCUT2D eigenvalue weighted by Gasteiger charge is 2.62. The molecule has 0 bridgehead atoms. The van der Waals surface area contributed by atoms with E-state index in [1.165, 1.54) is 22.9 Å². The number of hydrogen-bond acceptors (Lipinski definition) is 12. The van der Waals surface area contributed by atoms with Crippen molar-refractivity contribution in [2.75, 3.05) is 26.0 Å². The zero-order valence-corrected chi connectivity index (χ0v) is 39.5. The zero-order chi connectivity index (χ0) is 47.8. The van der Waals surface area contributed by atoms with E-state index in [1.54, 1.807) is 19.4 Å². The number of thioether (sulfide) groups is 1. The molecule has 4 aliphatic carbocycles. The van der Waals surface area contributed by atoms with Gasteiger partial charge in [-0.2, -0.15) is 0 Å². The molecular formula is C52H64N6O9S. The van der Waals surface area contributed by atoms with E-state index in [0.717, 1.165) is 86.5 Å². The number of pyridine rings is 1. The topological polar surface area (TPSA) is 228 Å². The first kappa shape index (κ1) is 49.1. The van der Waals surface area contributed by atoms with Gasteiger partial charge in [-0.15, -0.1) is 11.8 Å². The fourth-order valence-corrected chi connectivity index (χ4v) is 13.4. The number of carboxylic acids is 2. The van der Waals surface area contributed by atoms with Crippen LogP contribution in [0.4, 0.5) is 0 Å². The van der Waals surface area contributed by atoms with Crippen LogP contribution in [0.1, 0.15) is 93.7 Å². The van der Waals surface area contributed by atoms with Crippen molar-refractivity contribution in [1.82, 2.24) is 31.6 Å². The second-order valence-electron chi connectivity index (χ2n) is 19.2. The van der Waals surface area contributed by atoms with Gasteiger partial charge < -0.3 is 41.3 Å². The van der Waals surface area contributed by atoms with Gasteiger partial charge >= 0.3 is 17.9 Å². The largest absolute Gasteiger partial charge is 0.480 e. The minimum Gasteiger partial charge on any atom is -0.480 e. The van der Waals surface area contributed by atoms with Gasteiger partial charge in [-0.3, -0.25) is 24.7 Å². The summed E-state index contributed by atoms with van der Waals surface area (Å²) < 4.78 is 6.93. The molecule has 8 N–H and O–H groups in total. The van der Waals surface area contributed by atoms with Crippen molar-refractivity contribution >= 4 is 41.5 Å². The average molecular weight is 949 g/mol. The van der Waals surface area contributed by atoms with Gasteiger partial charge in [0.1, 0.15) is 17.8 Å². The molecule has 1 aromatic heterocycles. The number of nitrogens with zero attached hydrogens (tertiary/aromatic N) is 1. The van der Waals surface area contributed by atoms with Crippen molar-refractivity contribution < 1.29 is 44.0 Å². The quantitative estimate of drug-likeness (QED) is 0.0508. The van der Waals surface area contributed by atoms with Crippen molar-refractivity contribution in [2.45, 2.75) is 126 Å². The molecule has 8 atom stereocenters. The van der Waals surface area contributed by atoms with Crippen molar-refractivity contribution in [3.63, 3.8) is 0 Å². The SMILES string of the molecule is CNCN[C@@H](CCC(=O)N[C@@H](CS[C@H]1C2=C3[C@H](CCCCCC14CCCC4)CC(Cc1ccncc1)=C1[C@H]4NCC=C[C@H]4Cc4ccccc4CC#C[C@]31C(=O)O2)C(=O)N[C@@H](O)C(=O)O)C(=O)O. The van der Waals surface area contributed by atoms with Crippen LogP contribution in [0.5, 0.6) is 0 Å². The summed E-state index contributed by atoms with van der Waals surface area (Å²) in [5, 5.41) is 43.5.